The van der Waals surface area contributed by atoms with Gasteiger partial charge < -0.3 is 9.64 Å². The summed E-state index contributed by atoms with van der Waals surface area (Å²) in [6.07, 6.45) is 1.15. The van der Waals surface area contributed by atoms with Crippen molar-refractivity contribution in [1.29, 1.82) is 0 Å². The van der Waals surface area contributed by atoms with E-state index < -0.39 is 0 Å². The number of rotatable bonds is 0. The summed E-state index contributed by atoms with van der Waals surface area (Å²) in [6.45, 7) is 8.72. The SMILES string of the molecule is COC(=O)N1CC2CC(C1)C2C(C)(C)C. The molecule has 2 saturated heterocycles. The van der Waals surface area contributed by atoms with Crippen LogP contribution in [0.5, 0.6) is 0 Å². The number of methoxy groups -OCH3 is 1. The number of carbonyl (C=O) groups excluding carboxylic acids is 1. The Morgan fingerprint density at radius 2 is 1.80 bits per heavy atom. The minimum Gasteiger partial charge on any atom is -0.453 e. The summed E-state index contributed by atoms with van der Waals surface area (Å²) >= 11 is 0. The molecule has 86 valence electrons. The molecule has 3 heteroatoms. The van der Waals surface area contributed by atoms with Crippen molar-refractivity contribution in [3.05, 3.63) is 0 Å². The second-order valence-electron chi connectivity index (χ2n) is 6.02. The third-order valence-electron chi connectivity index (χ3n) is 3.96. The maximum absolute atomic E-state index is 11.4. The van der Waals surface area contributed by atoms with Crippen LogP contribution in [0.25, 0.3) is 0 Å². The van der Waals surface area contributed by atoms with E-state index in [9.17, 15) is 4.79 Å². The molecule has 2 heterocycles. The van der Waals surface area contributed by atoms with Crippen LogP contribution in [0.4, 0.5) is 4.79 Å². The number of amides is 1. The van der Waals surface area contributed by atoms with Crippen molar-refractivity contribution < 1.29 is 9.53 Å². The van der Waals surface area contributed by atoms with Gasteiger partial charge in [-0.25, -0.2) is 4.79 Å². The van der Waals surface area contributed by atoms with Crippen LogP contribution in [0.2, 0.25) is 0 Å². The van der Waals surface area contributed by atoms with Crippen LogP contribution in [0.3, 0.4) is 0 Å². The van der Waals surface area contributed by atoms with Gasteiger partial charge in [0.2, 0.25) is 0 Å². The van der Waals surface area contributed by atoms with E-state index in [2.05, 4.69) is 20.8 Å². The van der Waals surface area contributed by atoms with Crippen molar-refractivity contribution in [2.75, 3.05) is 20.2 Å². The first-order valence-electron chi connectivity index (χ1n) is 5.76. The van der Waals surface area contributed by atoms with E-state index in [4.69, 9.17) is 4.74 Å². The lowest BCUT2D eigenvalue weighted by Gasteiger charge is -2.58. The smallest absolute Gasteiger partial charge is 0.409 e. The summed E-state index contributed by atoms with van der Waals surface area (Å²) in [5, 5.41) is 0. The second-order valence-corrected chi connectivity index (χ2v) is 6.02. The molecule has 1 saturated carbocycles. The van der Waals surface area contributed by atoms with Crippen molar-refractivity contribution >= 4 is 6.09 Å². The Morgan fingerprint density at radius 3 is 2.20 bits per heavy atom. The Labute approximate surface area is 91.8 Å². The quantitative estimate of drug-likeness (QED) is 0.615. The number of ether oxygens (including phenoxy) is 1. The Balaban J connectivity index is 1.99. The van der Waals surface area contributed by atoms with Crippen molar-refractivity contribution in [1.82, 2.24) is 4.90 Å². The molecule has 15 heavy (non-hydrogen) atoms. The van der Waals surface area contributed by atoms with Crippen LogP contribution in [0.1, 0.15) is 27.2 Å². The molecule has 0 spiro atoms. The highest BCUT2D eigenvalue weighted by Gasteiger charge is 2.52. The summed E-state index contributed by atoms with van der Waals surface area (Å²) in [5.74, 6) is 2.18. The zero-order valence-corrected chi connectivity index (χ0v) is 10.1. The Kier molecular flexibility index (Phi) is 2.44. The molecule has 0 N–H and O–H groups in total. The Morgan fingerprint density at radius 1 is 1.27 bits per heavy atom. The van der Waals surface area contributed by atoms with Gasteiger partial charge in [0.05, 0.1) is 7.11 Å². The van der Waals surface area contributed by atoms with E-state index in [0.29, 0.717) is 17.3 Å². The number of piperidine rings is 2. The van der Waals surface area contributed by atoms with Crippen LogP contribution in [0.15, 0.2) is 0 Å². The molecule has 3 aliphatic rings. The predicted molar refractivity (Wildman–Crippen MR) is 58.5 cm³/mol. The molecule has 0 radical (unpaired) electrons. The van der Waals surface area contributed by atoms with E-state index in [1.807, 2.05) is 4.90 Å². The van der Waals surface area contributed by atoms with Gasteiger partial charge in [-0.2, -0.15) is 0 Å². The van der Waals surface area contributed by atoms with Gasteiger partial charge in [-0.3, -0.25) is 0 Å². The monoisotopic (exact) mass is 211 g/mol. The van der Waals surface area contributed by atoms with Crippen LogP contribution in [-0.4, -0.2) is 31.2 Å². The maximum atomic E-state index is 11.4. The normalized spacial score (nSPS) is 34.7. The molecule has 1 amide bonds. The summed E-state index contributed by atoms with van der Waals surface area (Å²) in [6, 6.07) is 0. The molecule has 2 bridgehead atoms. The second kappa shape index (κ2) is 3.39. The van der Waals surface area contributed by atoms with Gasteiger partial charge in [0.1, 0.15) is 0 Å². The standard InChI is InChI=1S/C12H21NO2/c1-12(2,3)10-8-5-9(10)7-13(6-8)11(14)15-4/h8-10H,5-7H2,1-4H3. The fourth-order valence-electron chi connectivity index (χ4n) is 3.58. The van der Waals surface area contributed by atoms with Crippen LogP contribution < -0.4 is 0 Å². The molecule has 3 rings (SSSR count). The third-order valence-corrected chi connectivity index (χ3v) is 3.96. The topological polar surface area (TPSA) is 29.5 Å². The van der Waals surface area contributed by atoms with E-state index in [1.165, 1.54) is 13.5 Å². The van der Waals surface area contributed by atoms with Crippen molar-refractivity contribution in [3.63, 3.8) is 0 Å². The summed E-state index contributed by atoms with van der Waals surface area (Å²) in [7, 11) is 1.46. The van der Waals surface area contributed by atoms with Gasteiger partial charge >= 0.3 is 6.09 Å². The first-order valence-corrected chi connectivity index (χ1v) is 5.76. The highest BCUT2D eigenvalue weighted by atomic mass is 16.5. The zero-order chi connectivity index (χ0) is 11.2. The first-order chi connectivity index (χ1) is 6.93. The lowest BCUT2D eigenvalue weighted by Crippen LogP contribution is -2.59. The number of hydrogen-bond acceptors (Lipinski definition) is 2. The van der Waals surface area contributed by atoms with Crippen molar-refractivity contribution in [3.8, 4) is 0 Å². The lowest BCUT2D eigenvalue weighted by molar-refractivity contribution is -0.0886. The molecule has 0 aromatic carbocycles. The largest absolute Gasteiger partial charge is 0.453 e. The number of hydrogen-bond donors (Lipinski definition) is 0. The summed E-state index contributed by atoms with van der Waals surface area (Å²) < 4.78 is 4.77. The highest BCUT2D eigenvalue weighted by Crippen LogP contribution is 2.53. The number of nitrogens with zero attached hydrogens (tertiary/aromatic N) is 1. The van der Waals surface area contributed by atoms with Crippen molar-refractivity contribution in [2.45, 2.75) is 27.2 Å². The van der Waals surface area contributed by atoms with Gasteiger partial charge in [0.25, 0.3) is 0 Å². The molecular formula is C12H21NO2. The molecule has 2 aliphatic heterocycles. The highest BCUT2D eigenvalue weighted by molar-refractivity contribution is 5.67. The van der Waals surface area contributed by atoms with Gasteiger partial charge in [0, 0.05) is 13.1 Å². The van der Waals surface area contributed by atoms with Gasteiger partial charge in [-0.1, -0.05) is 20.8 Å². The molecular weight excluding hydrogens is 190 g/mol. The third kappa shape index (κ3) is 1.72. The average molecular weight is 211 g/mol. The molecule has 0 aromatic heterocycles. The van der Waals surface area contributed by atoms with Gasteiger partial charge in [-0.15, -0.1) is 0 Å². The Hall–Kier alpha value is -0.730. The van der Waals surface area contributed by atoms with Gasteiger partial charge in [-0.05, 0) is 29.6 Å². The van der Waals surface area contributed by atoms with Gasteiger partial charge in [0.15, 0.2) is 0 Å². The molecule has 0 aromatic rings. The fraction of sp³-hybridized carbons (Fsp3) is 0.917. The molecule has 2 unspecified atom stereocenters. The van der Waals surface area contributed by atoms with E-state index in [1.54, 1.807) is 0 Å². The first kappa shape index (κ1) is 10.8. The minimum atomic E-state index is -0.156. The van der Waals surface area contributed by atoms with E-state index in [-0.39, 0.29) is 6.09 Å². The van der Waals surface area contributed by atoms with Crippen molar-refractivity contribution in [2.24, 2.45) is 23.2 Å². The predicted octanol–water partition coefficient (Wildman–Crippen LogP) is 2.37. The summed E-state index contributed by atoms with van der Waals surface area (Å²) in [5.41, 5.74) is 0.385. The molecule has 2 atom stereocenters. The molecule has 3 nitrogen and oxygen atoms in total. The van der Waals surface area contributed by atoms with E-state index >= 15 is 0 Å². The lowest BCUT2D eigenvalue weighted by atomic mass is 9.53. The maximum Gasteiger partial charge on any atom is 0.409 e. The van der Waals surface area contributed by atoms with Crippen LogP contribution >= 0.6 is 0 Å². The van der Waals surface area contributed by atoms with E-state index in [0.717, 1.165) is 19.0 Å². The van der Waals surface area contributed by atoms with Crippen LogP contribution in [-0.2, 0) is 4.74 Å². The minimum absolute atomic E-state index is 0.156. The fourth-order valence-corrected chi connectivity index (χ4v) is 3.58. The average Bonchev–Trinajstić information content (AvgIpc) is 2.14. The summed E-state index contributed by atoms with van der Waals surface area (Å²) in [4.78, 5) is 13.3. The zero-order valence-electron chi connectivity index (χ0n) is 10.1. The number of fused-ring (bicyclic) bond motifs is 2. The number of carbonyl (C=O) groups is 1. The molecule has 1 aliphatic carbocycles. The van der Waals surface area contributed by atoms with Crippen LogP contribution in [0, 0.1) is 23.2 Å². The molecule has 3 fully saturated rings. The Bertz CT molecular complexity index is 257.